The zero-order valence-electron chi connectivity index (χ0n) is 7.05. The van der Waals surface area contributed by atoms with Crippen molar-refractivity contribution in [1.29, 1.82) is 0 Å². The molecule has 0 saturated carbocycles. The van der Waals surface area contributed by atoms with Crippen LogP contribution in [0.4, 0.5) is 0 Å². The first-order valence-corrected chi connectivity index (χ1v) is 4.64. The Morgan fingerprint density at radius 1 is 1.50 bits per heavy atom. The highest BCUT2D eigenvalue weighted by Gasteiger charge is 2.16. The third-order valence-electron chi connectivity index (χ3n) is 2.37. The first-order valence-electron chi connectivity index (χ1n) is 4.26. The fourth-order valence-electron chi connectivity index (χ4n) is 1.68. The van der Waals surface area contributed by atoms with E-state index >= 15 is 0 Å². The predicted octanol–water partition coefficient (Wildman–Crippen LogP) is 2.25. The predicted molar refractivity (Wildman–Crippen MR) is 48.2 cm³/mol. The largest absolute Gasteiger partial charge is 0.154 e. The van der Waals surface area contributed by atoms with Crippen LogP contribution in [0.3, 0.4) is 0 Å². The van der Waals surface area contributed by atoms with Crippen LogP contribution >= 0.6 is 11.6 Å². The quantitative estimate of drug-likeness (QED) is 0.615. The lowest BCUT2D eigenvalue weighted by Gasteiger charge is -2.19. The maximum Gasteiger partial charge on any atom is 0.152 e. The Morgan fingerprint density at radius 2 is 2.33 bits per heavy atom. The van der Waals surface area contributed by atoms with Crippen molar-refractivity contribution in [3.05, 3.63) is 22.5 Å². The van der Waals surface area contributed by atoms with Crippen molar-refractivity contribution in [2.45, 2.75) is 26.2 Å². The van der Waals surface area contributed by atoms with Gasteiger partial charge in [-0.25, -0.2) is 0 Å². The molecule has 0 bridgehead atoms. The van der Waals surface area contributed by atoms with Gasteiger partial charge in [0.15, 0.2) is 5.15 Å². The molecule has 12 heavy (non-hydrogen) atoms. The Morgan fingerprint density at radius 3 is 3.17 bits per heavy atom. The Bertz CT molecular complexity index is 299. The monoisotopic (exact) mass is 182 g/mol. The second-order valence-electron chi connectivity index (χ2n) is 3.49. The molecule has 1 aliphatic rings. The Labute approximate surface area is 77.0 Å². The molecular formula is C9H11ClN2. The van der Waals surface area contributed by atoms with E-state index in [2.05, 4.69) is 17.1 Å². The summed E-state index contributed by atoms with van der Waals surface area (Å²) in [5, 5.41) is 8.42. The molecule has 1 unspecified atom stereocenters. The molecule has 0 radical (unpaired) electrons. The summed E-state index contributed by atoms with van der Waals surface area (Å²) >= 11 is 5.75. The minimum Gasteiger partial charge on any atom is -0.154 e. The van der Waals surface area contributed by atoms with Crippen molar-refractivity contribution in [1.82, 2.24) is 10.2 Å². The van der Waals surface area contributed by atoms with Gasteiger partial charge in [0.1, 0.15) is 0 Å². The lowest BCUT2D eigenvalue weighted by molar-refractivity contribution is 0.490. The number of rotatable bonds is 0. The molecule has 0 spiro atoms. The van der Waals surface area contributed by atoms with Gasteiger partial charge in [0.2, 0.25) is 0 Å². The maximum absolute atomic E-state index is 5.75. The summed E-state index contributed by atoms with van der Waals surface area (Å²) in [6, 6.07) is 1.94. The fraction of sp³-hybridized carbons (Fsp3) is 0.556. The summed E-state index contributed by atoms with van der Waals surface area (Å²) in [7, 11) is 0. The lowest BCUT2D eigenvalue weighted by Crippen LogP contribution is -2.13. The van der Waals surface area contributed by atoms with Crippen molar-refractivity contribution in [3.8, 4) is 0 Å². The van der Waals surface area contributed by atoms with E-state index in [0.717, 1.165) is 24.5 Å². The summed E-state index contributed by atoms with van der Waals surface area (Å²) in [6.45, 7) is 2.26. The van der Waals surface area contributed by atoms with Gasteiger partial charge in [-0.3, -0.25) is 0 Å². The van der Waals surface area contributed by atoms with Gasteiger partial charge in [-0.1, -0.05) is 18.5 Å². The number of aryl methyl sites for hydroxylation is 1. The third-order valence-corrected chi connectivity index (χ3v) is 2.56. The van der Waals surface area contributed by atoms with Crippen molar-refractivity contribution >= 4 is 11.6 Å². The van der Waals surface area contributed by atoms with E-state index < -0.39 is 0 Å². The van der Waals surface area contributed by atoms with Gasteiger partial charge in [-0.15, -0.1) is 5.10 Å². The van der Waals surface area contributed by atoms with E-state index in [9.17, 15) is 0 Å². The maximum atomic E-state index is 5.75. The smallest absolute Gasteiger partial charge is 0.152 e. The molecule has 1 aromatic heterocycles. The zero-order valence-corrected chi connectivity index (χ0v) is 7.80. The van der Waals surface area contributed by atoms with Crippen molar-refractivity contribution < 1.29 is 0 Å². The highest BCUT2D eigenvalue weighted by molar-refractivity contribution is 6.29. The Kier molecular flexibility index (Phi) is 2.01. The minimum atomic E-state index is 0.517. The Balaban J connectivity index is 2.37. The molecule has 3 heteroatoms. The minimum absolute atomic E-state index is 0.517. The standard InChI is InChI=1S/C9H11ClN2/c1-6-2-3-8-7(4-6)5-9(10)12-11-8/h5-6H,2-4H2,1H3. The van der Waals surface area contributed by atoms with E-state index in [4.69, 9.17) is 11.6 Å². The molecule has 0 amide bonds. The number of hydrogen-bond donors (Lipinski definition) is 0. The van der Waals surface area contributed by atoms with Crippen LogP contribution < -0.4 is 0 Å². The van der Waals surface area contributed by atoms with Crippen LogP contribution in [-0.2, 0) is 12.8 Å². The van der Waals surface area contributed by atoms with Gasteiger partial charge in [-0.05, 0) is 36.8 Å². The van der Waals surface area contributed by atoms with Crippen molar-refractivity contribution in [2.75, 3.05) is 0 Å². The number of aromatic nitrogens is 2. The molecule has 0 fully saturated rings. The molecule has 0 aliphatic heterocycles. The van der Waals surface area contributed by atoms with Crippen LogP contribution in [0.5, 0.6) is 0 Å². The van der Waals surface area contributed by atoms with E-state index in [1.807, 2.05) is 6.07 Å². The molecular weight excluding hydrogens is 172 g/mol. The van der Waals surface area contributed by atoms with Gasteiger partial charge >= 0.3 is 0 Å². The summed E-state index contributed by atoms with van der Waals surface area (Å²) in [4.78, 5) is 0. The molecule has 0 saturated heterocycles. The van der Waals surface area contributed by atoms with Gasteiger partial charge < -0.3 is 0 Å². The molecule has 0 N–H and O–H groups in total. The van der Waals surface area contributed by atoms with Crippen LogP contribution in [-0.4, -0.2) is 10.2 Å². The summed E-state index contributed by atoms with van der Waals surface area (Å²) in [5.74, 6) is 0.762. The van der Waals surface area contributed by atoms with Crippen LogP contribution in [0.15, 0.2) is 6.07 Å². The first-order chi connectivity index (χ1) is 5.75. The molecule has 0 aromatic carbocycles. The van der Waals surface area contributed by atoms with Gasteiger partial charge in [0.05, 0.1) is 5.69 Å². The number of hydrogen-bond acceptors (Lipinski definition) is 2. The van der Waals surface area contributed by atoms with Crippen LogP contribution in [0.25, 0.3) is 0 Å². The summed E-state index contributed by atoms with van der Waals surface area (Å²) in [5.41, 5.74) is 2.42. The van der Waals surface area contributed by atoms with E-state index in [1.165, 1.54) is 12.0 Å². The lowest BCUT2D eigenvalue weighted by atomic mass is 9.88. The highest BCUT2D eigenvalue weighted by atomic mass is 35.5. The van der Waals surface area contributed by atoms with Crippen molar-refractivity contribution in [3.63, 3.8) is 0 Å². The fourth-order valence-corrected chi connectivity index (χ4v) is 1.85. The molecule has 1 aromatic rings. The molecule has 2 rings (SSSR count). The number of fused-ring (bicyclic) bond motifs is 1. The molecule has 64 valence electrons. The number of nitrogens with zero attached hydrogens (tertiary/aromatic N) is 2. The molecule has 1 heterocycles. The third kappa shape index (κ3) is 1.44. The topological polar surface area (TPSA) is 25.8 Å². The van der Waals surface area contributed by atoms with E-state index in [1.54, 1.807) is 0 Å². The van der Waals surface area contributed by atoms with E-state index in [0.29, 0.717) is 5.15 Å². The highest BCUT2D eigenvalue weighted by Crippen LogP contribution is 2.24. The molecule has 1 aliphatic carbocycles. The van der Waals surface area contributed by atoms with Gasteiger partial charge in [0.25, 0.3) is 0 Å². The van der Waals surface area contributed by atoms with Crippen LogP contribution in [0.2, 0.25) is 5.15 Å². The second kappa shape index (κ2) is 3.02. The van der Waals surface area contributed by atoms with Crippen molar-refractivity contribution in [2.24, 2.45) is 5.92 Å². The summed E-state index contributed by atoms with van der Waals surface area (Å²) in [6.07, 6.45) is 3.38. The average Bonchev–Trinajstić information content (AvgIpc) is 2.03. The van der Waals surface area contributed by atoms with Crippen LogP contribution in [0, 0.1) is 5.92 Å². The Hall–Kier alpha value is -0.630. The van der Waals surface area contributed by atoms with Gasteiger partial charge in [0, 0.05) is 0 Å². The zero-order chi connectivity index (χ0) is 8.55. The SMILES string of the molecule is CC1CCc2nnc(Cl)cc2C1. The second-order valence-corrected chi connectivity index (χ2v) is 3.87. The van der Waals surface area contributed by atoms with E-state index in [-0.39, 0.29) is 0 Å². The van der Waals surface area contributed by atoms with Gasteiger partial charge in [-0.2, -0.15) is 5.10 Å². The average molecular weight is 183 g/mol. The van der Waals surface area contributed by atoms with Crippen LogP contribution in [0.1, 0.15) is 24.6 Å². The summed E-state index contributed by atoms with van der Waals surface area (Å²) < 4.78 is 0. The first kappa shape index (κ1) is 7.99. The normalized spacial score (nSPS) is 22.0. The molecule has 1 atom stereocenters. The molecule has 2 nitrogen and oxygen atoms in total. The number of halogens is 1.